The first-order valence-corrected chi connectivity index (χ1v) is 5.78. The molecule has 0 radical (unpaired) electrons. The summed E-state index contributed by atoms with van der Waals surface area (Å²) in [5.41, 5.74) is 0.714. The summed E-state index contributed by atoms with van der Waals surface area (Å²) in [5.74, 6) is -1.83. The van der Waals surface area contributed by atoms with Gasteiger partial charge in [0.2, 0.25) is 0 Å². The van der Waals surface area contributed by atoms with Crippen LogP contribution in [0.3, 0.4) is 0 Å². The standard InChI is InChI=1S/C14H11F3N2O/c15-10-1-3-13(4-2-10)19-14(20)18-8-9-5-11(16)7-12(17)6-9/h1-7H,8H2,(H2,18,19,20). The van der Waals surface area contributed by atoms with Crippen LogP contribution in [-0.4, -0.2) is 6.03 Å². The van der Waals surface area contributed by atoms with E-state index >= 15 is 0 Å². The first kappa shape index (κ1) is 13.9. The van der Waals surface area contributed by atoms with Gasteiger partial charge in [0.15, 0.2) is 0 Å². The first-order valence-electron chi connectivity index (χ1n) is 5.78. The van der Waals surface area contributed by atoms with Crippen molar-refractivity contribution in [3.63, 3.8) is 0 Å². The van der Waals surface area contributed by atoms with Crippen LogP contribution in [0.4, 0.5) is 23.7 Å². The number of amides is 2. The molecule has 20 heavy (non-hydrogen) atoms. The molecule has 2 aromatic rings. The highest BCUT2D eigenvalue weighted by Gasteiger charge is 2.04. The Morgan fingerprint density at radius 1 is 0.900 bits per heavy atom. The number of halogens is 3. The van der Waals surface area contributed by atoms with E-state index in [2.05, 4.69) is 10.6 Å². The van der Waals surface area contributed by atoms with E-state index in [1.807, 2.05) is 0 Å². The van der Waals surface area contributed by atoms with Crippen LogP contribution >= 0.6 is 0 Å². The molecule has 2 rings (SSSR count). The van der Waals surface area contributed by atoms with Gasteiger partial charge >= 0.3 is 6.03 Å². The van der Waals surface area contributed by atoms with Crippen molar-refractivity contribution in [3.8, 4) is 0 Å². The zero-order valence-corrected chi connectivity index (χ0v) is 10.3. The van der Waals surface area contributed by atoms with Gasteiger partial charge in [-0.1, -0.05) is 0 Å². The molecular formula is C14H11F3N2O. The minimum Gasteiger partial charge on any atom is -0.334 e. The van der Waals surface area contributed by atoms with Gasteiger partial charge in [-0.25, -0.2) is 18.0 Å². The molecule has 0 fully saturated rings. The average molecular weight is 280 g/mol. The number of hydrogen-bond acceptors (Lipinski definition) is 1. The van der Waals surface area contributed by atoms with E-state index in [1.54, 1.807) is 0 Å². The Labute approximate surface area is 113 Å². The first-order chi connectivity index (χ1) is 9.52. The highest BCUT2D eigenvalue weighted by molar-refractivity contribution is 5.89. The fraction of sp³-hybridized carbons (Fsp3) is 0.0714. The molecular weight excluding hydrogens is 269 g/mol. The van der Waals surface area contributed by atoms with E-state index in [1.165, 1.54) is 24.3 Å². The highest BCUT2D eigenvalue weighted by atomic mass is 19.1. The highest BCUT2D eigenvalue weighted by Crippen LogP contribution is 2.09. The number of hydrogen-bond donors (Lipinski definition) is 2. The predicted octanol–water partition coefficient (Wildman–Crippen LogP) is 3.43. The van der Waals surface area contributed by atoms with Gasteiger partial charge < -0.3 is 10.6 Å². The number of rotatable bonds is 3. The number of carbonyl (C=O) groups is 1. The van der Waals surface area contributed by atoms with Crippen LogP contribution in [0.15, 0.2) is 42.5 Å². The van der Waals surface area contributed by atoms with Crippen molar-refractivity contribution in [1.29, 1.82) is 0 Å². The fourth-order valence-corrected chi connectivity index (χ4v) is 1.60. The van der Waals surface area contributed by atoms with Crippen molar-refractivity contribution in [3.05, 3.63) is 65.5 Å². The largest absolute Gasteiger partial charge is 0.334 e. The van der Waals surface area contributed by atoms with Crippen LogP contribution in [0.1, 0.15) is 5.56 Å². The number of anilines is 1. The van der Waals surface area contributed by atoms with Crippen molar-refractivity contribution >= 4 is 11.7 Å². The third kappa shape index (κ3) is 4.01. The van der Waals surface area contributed by atoms with E-state index in [0.29, 0.717) is 11.3 Å². The summed E-state index contributed by atoms with van der Waals surface area (Å²) >= 11 is 0. The van der Waals surface area contributed by atoms with E-state index in [4.69, 9.17) is 0 Å². The van der Waals surface area contributed by atoms with Crippen LogP contribution in [0.25, 0.3) is 0 Å². The van der Waals surface area contributed by atoms with Gasteiger partial charge in [-0.05, 0) is 42.0 Å². The van der Waals surface area contributed by atoms with Crippen molar-refractivity contribution < 1.29 is 18.0 Å². The second kappa shape index (κ2) is 6.10. The average Bonchev–Trinajstić information content (AvgIpc) is 2.38. The second-order valence-electron chi connectivity index (χ2n) is 4.09. The van der Waals surface area contributed by atoms with Gasteiger partial charge in [-0.2, -0.15) is 0 Å². The minimum absolute atomic E-state index is 0.0261. The zero-order valence-electron chi connectivity index (χ0n) is 10.3. The van der Waals surface area contributed by atoms with Gasteiger partial charge in [-0.3, -0.25) is 0 Å². The van der Waals surface area contributed by atoms with Crippen molar-refractivity contribution in [2.45, 2.75) is 6.54 Å². The number of benzene rings is 2. The van der Waals surface area contributed by atoms with Crippen LogP contribution in [0.2, 0.25) is 0 Å². The molecule has 0 aliphatic rings. The number of urea groups is 1. The Bertz CT molecular complexity index is 594. The van der Waals surface area contributed by atoms with E-state index in [9.17, 15) is 18.0 Å². The summed E-state index contributed by atoms with van der Waals surface area (Å²) in [4.78, 5) is 11.5. The molecule has 0 bridgehead atoms. The number of nitrogens with one attached hydrogen (secondary N) is 2. The molecule has 0 unspecified atom stereocenters. The van der Waals surface area contributed by atoms with E-state index in [-0.39, 0.29) is 6.54 Å². The maximum Gasteiger partial charge on any atom is 0.319 e. The quantitative estimate of drug-likeness (QED) is 0.888. The molecule has 0 aliphatic heterocycles. The van der Waals surface area contributed by atoms with Crippen molar-refractivity contribution in [2.24, 2.45) is 0 Å². The lowest BCUT2D eigenvalue weighted by Crippen LogP contribution is -2.28. The fourth-order valence-electron chi connectivity index (χ4n) is 1.60. The third-order valence-electron chi connectivity index (χ3n) is 2.48. The molecule has 0 aliphatic carbocycles. The van der Waals surface area contributed by atoms with Crippen molar-refractivity contribution in [1.82, 2.24) is 5.32 Å². The topological polar surface area (TPSA) is 41.1 Å². The van der Waals surface area contributed by atoms with Gasteiger partial charge in [0.1, 0.15) is 17.5 Å². The normalized spacial score (nSPS) is 10.2. The Kier molecular flexibility index (Phi) is 4.24. The van der Waals surface area contributed by atoms with Crippen molar-refractivity contribution in [2.75, 3.05) is 5.32 Å². The molecule has 3 nitrogen and oxygen atoms in total. The molecule has 0 atom stereocenters. The SMILES string of the molecule is O=C(NCc1cc(F)cc(F)c1)Nc1ccc(F)cc1. The maximum absolute atomic E-state index is 12.9. The molecule has 0 saturated carbocycles. The van der Waals surface area contributed by atoms with E-state index in [0.717, 1.165) is 18.2 Å². The Balaban J connectivity index is 1.90. The van der Waals surface area contributed by atoms with Crippen LogP contribution in [-0.2, 0) is 6.54 Å². The summed E-state index contributed by atoms with van der Waals surface area (Å²) < 4.78 is 38.5. The molecule has 2 aromatic carbocycles. The molecule has 0 saturated heterocycles. The third-order valence-corrected chi connectivity index (χ3v) is 2.48. The number of carbonyl (C=O) groups excluding carboxylic acids is 1. The monoisotopic (exact) mass is 280 g/mol. The Morgan fingerprint density at radius 2 is 1.50 bits per heavy atom. The summed E-state index contributed by atoms with van der Waals surface area (Å²) in [7, 11) is 0. The summed E-state index contributed by atoms with van der Waals surface area (Å²) in [6.07, 6.45) is 0. The van der Waals surface area contributed by atoms with Crippen LogP contribution < -0.4 is 10.6 Å². The smallest absolute Gasteiger partial charge is 0.319 e. The molecule has 2 amide bonds. The second-order valence-corrected chi connectivity index (χ2v) is 4.09. The summed E-state index contributed by atoms with van der Waals surface area (Å²) in [5, 5.41) is 4.90. The van der Waals surface area contributed by atoms with Crippen LogP contribution in [0.5, 0.6) is 0 Å². The van der Waals surface area contributed by atoms with Gasteiger partial charge in [0, 0.05) is 18.3 Å². The van der Waals surface area contributed by atoms with Gasteiger partial charge in [-0.15, -0.1) is 0 Å². The van der Waals surface area contributed by atoms with Gasteiger partial charge in [0.25, 0.3) is 0 Å². The lowest BCUT2D eigenvalue weighted by atomic mass is 10.2. The molecule has 0 heterocycles. The Hall–Kier alpha value is -2.50. The molecule has 104 valence electrons. The minimum atomic E-state index is -0.708. The van der Waals surface area contributed by atoms with Crippen LogP contribution in [0, 0.1) is 17.5 Å². The summed E-state index contributed by atoms with van der Waals surface area (Å²) in [6.45, 7) is -0.0261. The lowest BCUT2D eigenvalue weighted by Gasteiger charge is -2.08. The molecule has 0 aromatic heterocycles. The summed E-state index contributed by atoms with van der Waals surface area (Å²) in [6, 6.07) is 7.66. The van der Waals surface area contributed by atoms with Gasteiger partial charge in [0.05, 0.1) is 0 Å². The Morgan fingerprint density at radius 3 is 2.10 bits per heavy atom. The van der Waals surface area contributed by atoms with E-state index < -0.39 is 23.5 Å². The zero-order chi connectivity index (χ0) is 14.5. The molecule has 0 spiro atoms. The maximum atomic E-state index is 12.9. The molecule has 2 N–H and O–H groups in total. The predicted molar refractivity (Wildman–Crippen MR) is 68.6 cm³/mol. The lowest BCUT2D eigenvalue weighted by molar-refractivity contribution is 0.251. The molecule has 6 heteroatoms.